The highest BCUT2D eigenvalue weighted by atomic mass is 16.5. The normalized spacial score (nSPS) is 11.4. The van der Waals surface area contributed by atoms with Crippen molar-refractivity contribution in [2.24, 2.45) is 5.10 Å². The molecular formula is C39H41N3O4. The second-order valence-corrected chi connectivity index (χ2v) is 11.6. The van der Waals surface area contributed by atoms with Crippen LogP contribution in [0.5, 0.6) is 17.2 Å². The Kier molecular flexibility index (Phi) is 10.0. The molecule has 46 heavy (non-hydrogen) atoms. The number of rotatable bonds is 12. The lowest BCUT2D eigenvalue weighted by Crippen LogP contribution is -2.21. The smallest absolute Gasteiger partial charge is 0.282 e. The molecule has 0 spiro atoms. The summed E-state index contributed by atoms with van der Waals surface area (Å²) < 4.78 is 19.4. The Morgan fingerprint density at radius 1 is 0.978 bits per heavy atom. The van der Waals surface area contributed by atoms with Crippen LogP contribution in [0.2, 0.25) is 0 Å². The van der Waals surface area contributed by atoms with E-state index in [-0.39, 0.29) is 11.5 Å². The fourth-order valence-corrected chi connectivity index (χ4v) is 5.54. The summed E-state index contributed by atoms with van der Waals surface area (Å²) in [7, 11) is 1.62. The molecule has 236 valence electrons. The van der Waals surface area contributed by atoms with Crippen molar-refractivity contribution in [2.45, 2.75) is 53.6 Å². The monoisotopic (exact) mass is 615 g/mol. The molecular weight excluding hydrogens is 574 g/mol. The van der Waals surface area contributed by atoms with Crippen LogP contribution in [0.25, 0.3) is 22.3 Å². The largest absolute Gasteiger partial charge is 0.494 e. The summed E-state index contributed by atoms with van der Waals surface area (Å²) in [6, 6.07) is 23.5. The highest BCUT2D eigenvalue weighted by Gasteiger charge is 2.19. The van der Waals surface area contributed by atoms with Crippen LogP contribution in [0.1, 0.15) is 60.1 Å². The minimum Gasteiger partial charge on any atom is -0.494 e. The van der Waals surface area contributed by atoms with Gasteiger partial charge in [-0.1, -0.05) is 61.9 Å². The van der Waals surface area contributed by atoms with Crippen molar-refractivity contribution in [1.29, 1.82) is 0 Å². The van der Waals surface area contributed by atoms with Gasteiger partial charge in [0.25, 0.3) is 5.56 Å². The quantitative estimate of drug-likeness (QED) is 0.104. The van der Waals surface area contributed by atoms with E-state index < -0.39 is 0 Å². The molecule has 0 N–H and O–H groups in total. The number of para-hydroxylation sites is 1. The van der Waals surface area contributed by atoms with Gasteiger partial charge in [-0.3, -0.25) is 4.79 Å². The third kappa shape index (κ3) is 6.89. The van der Waals surface area contributed by atoms with Gasteiger partial charge in [0, 0.05) is 11.1 Å². The molecule has 7 heteroatoms. The van der Waals surface area contributed by atoms with Crippen LogP contribution >= 0.6 is 0 Å². The Labute approximate surface area is 270 Å². The molecule has 0 unspecified atom stereocenters. The summed E-state index contributed by atoms with van der Waals surface area (Å²) in [5, 5.41) is 5.24. The predicted molar refractivity (Wildman–Crippen MR) is 187 cm³/mol. The number of allylic oxidation sites excluding steroid dienone is 1. The number of aromatic nitrogens is 2. The number of aryl methyl sites for hydroxylation is 2. The van der Waals surface area contributed by atoms with E-state index in [1.54, 1.807) is 19.4 Å². The summed E-state index contributed by atoms with van der Waals surface area (Å²) in [4.78, 5) is 18.9. The third-order valence-electron chi connectivity index (χ3n) is 7.80. The van der Waals surface area contributed by atoms with E-state index in [0.717, 1.165) is 39.1 Å². The van der Waals surface area contributed by atoms with Crippen molar-refractivity contribution in [1.82, 2.24) is 9.66 Å². The SMILES string of the molecule is C=CCc1cc(C=Nn2c(-c3cc(C(C)C)c(OCC)cc3C)nc3ccccc3c2=O)cc(OC)c1OCc1cccc(C)c1. The Balaban J connectivity index is 1.62. The van der Waals surface area contributed by atoms with Gasteiger partial charge in [0.05, 0.1) is 30.8 Å². The number of hydrogen-bond acceptors (Lipinski definition) is 6. The number of hydrogen-bond donors (Lipinski definition) is 0. The van der Waals surface area contributed by atoms with E-state index >= 15 is 0 Å². The van der Waals surface area contributed by atoms with Gasteiger partial charge in [0.1, 0.15) is 12.4 Å². The van der Waals surface area contributed by atoms with E-state index in [0.29, 0.717) is 47.9 Å². The average Bonchev–Trinajstić information content (AvgIpc) is 3.04. The van der Waals surface area contributed by atoms with Crippen molar-refractivity contribution in [2.75, 3.05) is 13.7 Å². The summed E-state index contributed by atoms with van der Waals surface area (Å²) >= 11 is 0. The number of nitrogens with zero attached hydrogens (tertiary/aromatic N) is 3. The van der Waals surface area contributed by atoms with Crippen molar-refractivity contribution >= 4 is 17.1 Å². The van der Waals surface area contributed by atoms with E-state index in [1.807, 2.05) is 68.5 Å². The molecule has 0 amide bonds. The van der Waals surface area contributed by atoms with Gasteiger partial charge in [-0.15, -0.1) is 6.58 Å². The summed E-state index contributed by atoms with van der Waals surface area (Å²) in [5.41, 5.74) is 7.03. The van der Waals surface area contributed by atoms with E-state index in [9.17, 15) is 4.79 Å². The van der Waals surface area contributed by atoms with Crippen LogP contribution in [0.15, 0.2) is 95.3 Å². The molecule has 0 aliphatic carbocycles. The molecule has 5 aromatic rings. The fourth-order valence-electron chi connectivity index (χ4n) is 5.54. The average molecular weight is 616 g/mol. The second-order valence-electron chi connectivity index (χ2n) is 11.6. The molecule has 1 heterocycles. The van der Waals surface area contributed by atoms with E-state index in [2.05, 4.69) is 45.5 Å². The molecule has 0 radical (unpaired) electrons. The van der Waals surface area contributed by atoms with Gasteiger partial charge in [0.2, 0.25) is 0 Å². The lowest BCUT2D eigenvalue weighted by atomic mass is 9.96. The highest BCUT2D eigenvalue weighted by Crippen LogP contribution is 2.36. The van der Waals surface area contributed by atoms with Gasteiger partial charge in [-0.25, -0.2) is 4.98 Å². The van der Waals surface area contributed by atoms with Crippen LogP contribution in [-0.2, 0) is 13.0 Å². The van der Waals surface area contributed by atoms with Crippen LogP contribution in [0.3, 0.4) is 0 Å². The van der Waals surface area contributed by atoms with Gasteiger partial charge in [-0.05, 0) is 91.8 Å². The molecule has 0 fully saturated rings. The van der Waals surface area contributed by atoms with Gasteiger partial charge in [-0.2, -0.15) is 9.78 Å². The minimum absolute atomic E-state index is 0.201. The number of ether oxygens (including phenoxy) is 3. The van der Waals surface area contributed by atoms with Gasteiger partial charge >= 0.3 is 0 Å². The first-order chi connectivity index (χ1) is 22.2. The van der Waals surface area contributed by atoms with Crippen molar-refractivity contribution in [3.63, 3.8) is 0 Å². The molecule has 1 aromatic heterocycles. The van der Waals surface area contributed by atoms with Gasteiger partial charge in [0.15, 0.2) is 17.3 Å². The van der Waals surface area contributed by atoms with Crippen molar-refractivity contribution in [3.8, 4) is 28.6 Å². The Hall–Kier alpha value is -5.17. The maximum absolute atomic E-state index is 14.0. The number of fused-ring (bicyclic) bond motifs is 1. The first kappa shape index (κ1) is 32.2. The highest BCUT2D eigenvalue weighted by molar-refractivity contribution is 5.83. The first-order valence-electron chi connectivity index (χ1n) is 15.6. The van der Waals surface area contributed by atoms with Crippen LogP contribution in [-0.4, -0.2) is 29.6 Å². The Morgan fingerprint density at radius 2 is 1.78 bits per heavy atom. The van der Waals surface area contributed by atoms with Crippen LogP contribution < -0.4 is 19.8 Å². The van der Waals surface area contributed by atoms with E-state index in [1.165, 1.54) is 10.2 Å². The number of methoxy groups -OCH3 is 1. The Bertz CT molecular complexity index is 1970. The lowest BCUT2D eigenvalue weighted by molar-refractivity contribution is 0.282. The predicted octanol–water partition coefficient (Wildman–Crippen LogP) is 8.40. The topological polar surface area (TPSA) is 74.9 Å². The zero-order chi connectivity index (χ0) is 32.8. The maximum atomic E-state index is 14.0. The summed E-state index contributed by atoms with van der Waals surface area (Å²) in [5.74, 6) is 2.72. The zero-order valence-electron chi connectivity index (χ0n) is 27.5. The first-order valence-corrected chi connectivity index (χ1v) is 15.6. The number of benzene rings is 4. The molecule has 0 aliphatic rings. The lowest BCUT2D eigenvalue weighted by Gasteiger charge is -2.18. The standard InChI is InChI=1S/C39H41N3O4/c1-8-13-30-20-29(21-36(44-7)37(30)46-24-28-15-12-14-26(5)18-28)23-40-42-38(41-34-17-11-10-16-31(34)39(42)43)33-22-32(25(3)4)35(45-9-2)19-27(33)6/h8,10-12,14-23,25H,1,9,13,24H2,2-7H3. The molecule has 0 saturated heterocycles. The zero-order valence-corrected chi connectivity index (χ0v) is 27.5. The minimum atomic E-state index is -0.257. The molecule has 0 aliphatic heterocycles. The van der Waals surface area contributed by atoms with Gasteiger partial charge < -0.3 is 14.2 Å². The molecule has 0 bridgehead atoms. The van der Waals surface area contributed by atoms with Crippen LogP contribution in [0, 0.1) is 13.8 Å². The van der Waals surface area contributed by atoms with Crippen molar-refractivity contribution in [3.05, 3.63) is 129 Å². The van der Waals surface area contributed by atoms with Crippen molar-refractivity contribution < 1.29 is 14.2 Å². The molecule has 0 atom stereocenters. The molecule has 0 saturated carbocycles. The summed E-state index contributed by atoms with van der Waals surface area (Å²) in [6.45, 7) is 15.2. The maximum Gasteiger partial charge on any atom is 0.282 e. The molecule has 7 nitrogen and oxygen atoms in total. The Morgan fingerprint density at radius 3 is 2.50 bits per heavy atom. The summed E-state index contributed by atoms with van der Waals surface area (Å²) in [6.07, 6.45) is 4.05. The van der Waals surface area contributed by atoms with E-state index in [4.69, 9.17) is 24.3 Å². The molecule has 4 aromatic carbocycles. The third-order valence-corrected chi connectivity index (χ3v) is 7.80. The second kappa shape index (κ2) is 14.3. The fraction of sp³-hybridized carbons (Fsp3) is 0.256. The van der Waals surface area contributed by atoms with Crippen LogP contribution in [0.4, 0.5) is 0 Å². The molecule has 5 rings (SSSR count).